The van der Waals surface area contributed by atoms with Crippen molar-refractivity contribution in [1.82, 2.24) is 19.8 Å². The molecule has 41 heavy (non-hydrogen) atoms. The van der Waals surface area contributed by atoms with Crippen molar-refractivity contribution in [3.8, 4) is 0 Å². The molecular formula is C29H51N4O7P. The summed E-state index contributed by atoms with van der Waals surface area (Å²) in [5.41, 5.74) is -0.242. The summed E-state index contributed by atoms with van der Waals surface area (Å²) >= 11 is 0. The second kappa shape index (κ2) is 13.0. The van der Waals surface area contributed by atoms with Gasteiger partial charge in [-0.3, -0.25) is 23.8 Å². The molecule has 1 aliphatic carbocycles. The van der Waals surface area contributed by atoms with Gasteiger partial charge >= 0.3 is 7.60 Å². The lowest BCUT2D eigenvalue weighted by molar-refractivity contribution is -0.277. The van der Waals surface area contributed by atoms with Crippen LogP contribution in [0.1, 0.15) is 87.0 Å². The lowest BCUT2D eigenvalue weighted by Crippen LogP contribution is -2.75. The summed E-state index contributed by atoms with van der Waals surface area (Å²) in [4.78, 5) is 54.2. The van der Waals surface area contributed by atoms with Gasteiger partial charge in [0.1, 0.15) is 12.2 Å². The number of carbonyl (C=O) groups excluding carboxylic acids is 3. The fourth-order valence-corrected chi connectivity index (χ4v) is 7.88. The van der Waals surface area contributed by atoms with E-state index in [9.17, 15) is 18.9 Å². The van der Waals surface area contributed by atoms with Crippen LogP contribution in [0.4, 0.5) is 0 Å². The molecular weight excluding hydrogens is 547 g/mol. The molecule has 3 heterocycles. The van der Waals surface area contributed by atoms with Crippen molar-refractivity contribution in [2.24, 2.45) is 11.3 Å². The molecule has 234 valence electrons. The molecule has 3 saturated heterocycles. The number of carbonyl (C=O) groups is 3. The Bertz CT molecular complexity index is 996. The highest BCUT2D eigenvalue weighted by Gasteiger charge is 2.55. The minimum absolute atomic E-state index is 0.0105. The number of piperazine rings is 1. The van der Waals surface area contributed by atoms with Gasteiger partial charge in [0.15, 0.2) is 12.3 Å². The van der Waals surface area contributed by atoms with Crippen molar-refractivity contribution in [3.63, 3.8) is 0 Å². The van der Waals surface area contributed by atoms with Crippen LogP contribution in [0.5, 0.6) is 0 Å². The van der Waals surface area contributed by atoms with Crippen molar-refractivity contribution in [2.45, 2.75) is 117 Å². The first kappa shape index (κ1) is 32.4. The molecule has 12 heteroatoms. The topological polar surface area (TPSA) is 109 Å². The SMILES string of the molecule is CCOP(=O)(CC(=O)N1O[C@H](CC2CC2)C(=O)N2[C@@H]1CN(C1CCN(C(C)C)CC1)C(=O)[C@@H]2CC(C)(C)C)OCC. The van der Waals surface area contributed by atoms with Gasteiger partial charge in [-0.25, -0.2) is 0 Å². The van der Waals surface area contributed by atoms with Gasteiger partial charge in [-0.2, -0.15) is 5.06 Å². The Hall–Kier alpha value is -1.52. The number of hydrogen-bond donors (Lipinski definition) is 0. The minimum atomic E-state index is -3.72. The maximum absolute atomic E-state index is 14.2. The average Bonchev–Trinajstić information content (AvgIpc) is 3.70. The Balaban J connectivity index is 1.67. The quantitative estimate of drug-likeness (QED) is 0.330. The molecule has 3 atom stereocenters. The third kappa shape index (κ3) is 7.71. The highest BCUT2D eigenvalue weighted by atomic mass is 31.2. The van der Waals surface area contributed by atoms with Gasteiger partial charge in [-0.15, -0.1) is 0 Å². The number of amides is 3. The summed E-state index contributed by atoms with van der Waals surface area (Å²) in [6, 6.07) is -0.267. The molecule has 0 N–H and O–H groups in total. The van der Waals surface area contributed by atoms with E-state index < -0.39 is 38.0 Å². The monoisotopic (exact) mass is 598 g/mol. The van der Waals surface area contributed by atoms with E-state index in [0.717, 1.165) is 38.8 Å². The van der Waals surface area contributed by atoms with E-state index in [4.69, 9.17) is 13.9 Å². The molecule has 3 aliphatic heterocycles. The highest BCUT2D eigenvalue weighted by Crippen LogP contribution is 2.49. The van der Waals surface area contributed by atoms with Crippen molar-refractivity contribution >= 4 is 25.3 Å². The number of hydrogen-bond acceptors (Lipinski definition) is 8. The van der Waals surface area contributed by atoms with E-state index in [-0.39, 0.29) is 43.0 Å². The van der Waals surface area contributed by atoms with Crippen molar-refractivity contribution in [1.29, 1.82) is 0 Å². The number of rotatable bonds is 11. The number of likely N-dealkylation sites (tertiary alicyclic amines) is 1. The zero-order chi connectivity index (χ0) is 30.1. The summed E-state index contributed by atoms with van der Waals surface area (Å²) in [6.07, 6.45) is 2.48. The molecule has 11 nitrogen and oxygen atoms in total. The van der Waals surface area contributed by atoms with Gasteiger partial charge in [-0.05, 0) is 64.7 Å². The van der Waals surface area contributed by atoms with Gasteiger partial charge in [-0.1, -0.05) is 33.6 Å². The lowest BCUT2D eigenvalue weighted by Gasteiger charge is -2.55. The molecule has 3 amide bonds. The van der Waals surface area contributed by atoms with Gasteiger partial charge in [0.2, 0.25) is 5.91 Å². The van der Waals surface area contributed by atoms with Crippen molar-refractivity contribution in [2.75, 3.05) is 39.0 Å². The van der Waals surface area contributed by atoms with Gasteiger partial charge in [0.05, 0.1) is 19.8 Å². The van der Waals surface area contributed by atoms with Crippen LogP contribution in [0.3, 0.4) is 0 Å². The van der Waals surface area contributed by atoms with E-state index in [1.807, 2.05) is 4.90 Å². The van der Waals surface area contributed by atoms with Crippen LogP contribution < -0.4 is 0 Å². The largest absolute Gasteiger partial charge is 0.340 e. The molecule has 0 spiro atoms. The summed E-state index contributed by atoms with van der Waals surface area (Å²) in [5, 5.41) is 1.23. The third-order valence-corrected chi connectivity index (χ3v) is 10.5. The summed E-state index contributed by atoms with van der Waals surface area (Å²) in [5.74, 6) is -0.488. The summed E-state index contributed by atoms with van der Waals surface area (Å²) in [6.45, 7) is 16.1. The van der Waals surface area contributed by atoms with E-state index >= 15 is 0 Å². The minimum Gasteiger partial charge on any atom is -0.334 e. The van der Waals surface area contributed by atoms with E-state index in [1.54, 1.807) is 18.7 Å². The first-order chi connectivity index (χ1) is 19.3. The van der Waals surface area contributed by atoms with E-state index in [2.05, 4.69) is 39.5 Å². The third-order valence-electron chi connectivity index (χ3n) is 8.57. The molecule has 0 bridgehead atoms. The Labute approximate surface area is 245 Å². The average molecular weight is 599 g/mol. The number of hydroxylamine groups is 2. The Morgan fingerprint density at radius 1 is 1.02 bits per heavy atom. The molecule has 1 saturated carbocycles. The van der Waals surface area contributed by atoms with Crippen LogP contribution in [-0.2, 0) is 32.8 Å². The normalized spacial score (nSPS) is 27.1. The van der Waals surface area contributed by atoms with Crippen LogP contribution in [0.15, 0.2) is 0 Å². The summed E-state index contributed by atoms with van der Waals surface area (Å²) < 4.78 is 24.2. The highest BCUT2D eigenvalue weighted by molar-refractivity contribution is 7.54. The summed E-state index contributed by atoms with van der Waals surface area (Å²) in [7, 11) is -3.72. The first-order valence-corrected chi connectivity index (χ1v) is 17.2. The van der Waals surface area contributed by atoms with Gasteiger partial charge < -0.3 is 23.7 Å². The second-order valence-corrected chi connectivity index (χ2v) is 15.5. The lowest BCUT2D eigenvalue weighted by atomic mass is 9.84. The predicted molar refractivity (Wildman–Crippen MR) is 155 cm³/mol. The van der Waals surface area contributed by atoms with Gasteiger partial charge in [0.25, 0.3) is 11.8 Å². The van der Waals surface area contributed by atoms with Crippen LogP contribution in [0.25, 0.3) is 0 Å². The molecule has 0 radical (unpaired) electrons. The van der Waals surface area contributed by atoms with Crippen LogP contribution in [0, 0.1) is 11.3 Å². The van der Waals surface area contributed by atoms with Crippen molar-refractivity contribution < 1.29 is 32.8 Å². The molecule has 4 aliphatic rings. The standard InChI is InChI=1S/C29H51N4O7P/c1-8-38-41(37,39-9-2)19-26(34)33-25-18-31(22-12-14-30(15-13-22)20(3)4)27(35)23(17-29(5,6)7)32(25)28(36)24(40-33)16-21-10-11-21/h20-25H,8-19H2,1-7H3/t23-,24+,25-/m0/s1. The fourth-order valence-electron chi connectivity index (χ4n) is 6.37. The van der Waals surface area contributed by atoms with E-state index in [1.165, 1.54) is 5.06 Å². The Kier molecular flexibility index (Phi) is 10.3. The zero-order valence-corrected chi connectivity index (χ0v) is 26.9. The van der Waals surface area contributed by atoms with Crippen LogP contribution in [0.2, 0.25) is 0 Å². The first-order valence-electron chi connectivity index (χ1n) is 15.5. The Morgan fingerprint density at radius 2 is 1.63 bits per heavy atom. The number of nitrogens with zero attached hydrogens (tertiary/aromatic N) is 4. The second-order valence-electron chi connectivity index (χ2n) is 13.5. The maximum Gasteiger partial charge on any atom is 0.340 e. The maximum atomic E-state index is 14.2. The number of fused-ring (bicyclic) bond motifs is 1. The smallest absolute Gasteiger partial charge is 0.334 e. The van der Waals surface area contributed by atoms with Crippen LogP contribution in [-0.4, -0.2) is 107 Å². The van der Waals surface area contributed by atoms with Gasteiger partial charge in [0, 0.05) is 25.2 Å². The zero-order valence-electron chi connectivity index (χ0n) is 26.0. The predicted octanol–water partition coefficient (Wildman–Crippen LogP) is 3.87. The van der Waals surface area contributed by atoms with Crippen molar-refractivity contribution in [3.05, 3.63) is 0 Å². The molecule has 4 rings (SSSR count). The fraction of sp³-hybridized carbons (Fsp3) is 0.897. The number of piperidine rings is 1. The molecule has 0 unspecified atom stereocenters. The molecule has 4 fully saturated rings. The van der Waals surface area contributed by atoms with E-state index in [0.29, 0.717) is 24.8 Å². The molecule has 0 aromatic carbocycles. The molecule has 0 aromatic rings. The Morgan fingerprint density at radius 3 is 2.15 bits per heavy atom. The molecule has 0 aromatic heterocycles. The van der Waals surface area contributed by atoms with Crippen LogP contribution >= 0.6 is 7.60 Å².